The van der Waals surface area contributed by atoms with Crippen molar-refractivity contribution in [2.75, 3.05) is 6.54 Å². The molecule has 0 aliphatic carbocycles. The fraction of sp³-hybridized carbons (Fsp3) is 0.429. The molecule has 0 fully saturated rings. The molecule has 108 valence electrons. The van der Waals surface area contributed by atoms with Crippen LogP contribution in [-0.2, 0) is 6.42 Å². The van der Waals surface area contributed by atoms with Crippen molar-refractivity contribution in [3.8, 4) is 10.6 Å². The lowest BCUT2D eigenvalue weighted by Gasteiger charge is -2.19. The Morgan fingerprint density at radius 3 is 2.65 bits per heavy atom. The van der Waals surface area contributed by atoms with E-state index in [2.05, 4.69) is 36.3 Å². The molecule has 2 rings (SSSR count). The lowest BCUT2D eigenvalue weighted by atomic mass is 10.1. The Hall–Kier alpha value is -1.40. The second-order valence-corrected chi connectivity index (χ2v) is 6.61. The molecule has 0 saturated carbocycles. The summed E-state index contributed by atoms with van der Waals surface area (Å²) in [5.41, 5.74) is 0.208. The molecule has 1 aromatic carbocycles. The lowest BCUT2D eigenvalue weighted by molar-refractivity contribution is 0.429. The van der Waals surface area contributed by atoms with Crippen LogP contribution in [-0.4, -0.2) is 22.3 Å². The zero-order valence-electron chi connectivity index (χ0n) is 11.7. The molecule has 1 heterocycles. The molecule has 0 atom stereocenters. The molecule has 0 amide bonds. The summed E-state index contributed by atoms with van der Waals surface area (Å²) in [7, 11) is 0. The van der Waals surface area contributed by atoms with E-state index in [1.54, 1.807) is 0 Å². The van der Waals surface area contributed by atoms with Crippen molar-refractivity contribution in [2.45, 2.75) is 32.7 Å². The summed E-state index contributed by atoms with van der Waals surface area (Å²) in [6.07, 6.45) is 0.714. The van der Waals surface area contributed by atoms with E-state index in [-0.39, 0.29) is 11.1 Å². The van der Waals surface area contributed by atoms with Crippen LogP contribution in [0.4, 0.5) is 8.78 Å². The highest BCUT2D eigenvalue weighted by Crippen LogP contribution is 2.26. The first-order chi connectivity index (χ1) is 9.35. The smallest absolute Gasteiger partial charge is 0.150 e. The molecule has 1 N–H and O–H groups in total. The van der Waals surface area contributed by atoms with Crippen molar-refractivity contribution >= 4 is 11.3 Å². The number of nitrogens with one attached hydrogen (secondary N) is 1. The third kappa shape index (κ3) is 4.05. The maximum Gasteiger partial charge on any atom is 0.150 e. The second-order valence-electron chi connectivity index (χ2n) is 5.55. The molecule has 0 saturated heterocycles. The van der Waals surface area contributed by atoms with Gasteiger partial charge in [0, 0.05) is 18.5 Å². The standard InChI is InChI=1S/C14H17F2N3S/c1-14(2,3)17-7-6-12-18-19-13(20-12)10-8-9(15)4-5-11(10)16/h4-5,8,17H,6-7H2,1-3H3. The largest absolute Gasteiger partial charge is 0.312 e. The van der Waals surface area contributed by atoms with Crippen molar-refractivity contribution < 1.29 is 8.78 Å². The van der Waals surface area contributed by atoms with Crippen LogP contribution in [0.25, 0.3) is 10.6 Å². The van der Waals surface area contributed by atoms with Crippen LogP contribution in [0.5, 0.6) is 0 Å². The molecule has 0 aliphatic rings. The highest BCUT2D eigenvalue weighted by Gasteiger charge is 2.13. The van der Waals surface area contributed by atoms with Gasteiger partial charge in [-0.05, 0) is 39.0 Å². The van der Waals surface area contributed by atoms with Crippen LogP contribution >= 0.6 is 11.3 Å². The van der Waals surface area contributed by atoms with E-state index in [0.717, 1.165) is 29.8 Å². The monoisotopic (exact) mass is 297 g/mol. The fourth-order valence-electron chi connectivity index (χ4n) is 1.67. The van der Waals surface area contributed by atoms with E-state index in [0.29, 0.717) is 11.4 Å². The number of hydrogen-bond donors (Lipinski definition) is 1. The molecular weight excluding hydrogens is 280 g/mol. The number of benzene rings is 1. The van der Waals surface area contributed by atoms with E-state index in [4.69, 9.17) is 0 Å². The Labute approximate surface area is 121 Å². The average molecular weight is 297 g/mol. The number of rotatable bonds is 4. The van der Waals surface area contributed by atoms with Gasteiger partial charge >= 0.3 is 0 Å². The number of aromatic nitrogens is 2. The van der Waals surface area contributed by atoms with Gasteiger partial charge in [0.05, 0.1) is 5.56 Å². The summed E-state index contributed by atoms with van der Waals surface area (Å²) in [6.45, 7) is 7.02. The molecule has 0 unspecified atom stereocenters. The van der Waals surface area contributed by atoms with E-state index in [1.807, 2.05) is 0 Å². The second kappa shape index (κ2) is 5.93. The average Bonchev–Trinajstić information content (AvgIpc) is 2.79. The van der Waals surface area contributed by atoms with E-state index in [1.165, 1.54) is 11.3 Å². The topological polar surface area (TPSA) is 37.8 Å². The summed E-state index contributed by atoms with van der Waals surface area (Å²) < 4.78 is 26.8. The van der Waals surface area contributed by atoms with Gasteiger partial charge in [0.2, 0.25) is 0 Å². The lowest BCUT2D eigenvalue weighted by Crippen LogP contribution is -2.37. The summed E-state index contributed by atoms with van der Waals surface area (Å²) in [4.78, 5) is 0. The minimum Gasteiger partial charge on any atom is -0.312 e. The Morgan fingerprint density at radius 2 is 1.95 bits per heavy atom. The van der Waals surface area contributed by atoms with Crippen molar-refractivity contribution in [1.82, 2.24) is 15.5 Å². The van der Waals surface area contributed by atoms with Crippen LogP contribution in [0.3, 0.4) is 0 Å². The Kier molecular flexibility index (Phi) is 4.45. The zero-order valence-corrected chi connectivity index (χ0v) is 12.5. The molecule has 3 nitrogen and oxygen atoms in total. The van der Waals surface area contributed by atoms with Crippen molar-refractivity contribution in [3.05, 3.63) is 34.8 Å². The maximum atomic E-state index is 13.6. The third-order valence-electron chi connectivity index (χ3n) is 2.62. The minimum absolute atomic E-state index is 0.0438. The van der Waals surface area contributed by atoms with Gasteiger partial charge in [0.15, 0.2) is 5.01 Å². The first-order valence-corrected chi connectivity index (χ1v) is 7.20. The first-order valence-electron chi connectivity index (χ1n) is 6.38. The van der Waals surface area contributed by atoms with Gasteiger partial charge < -0.3 is 5.32 Å². The molecule has 0 bridgehead atoms. The molecule has 2 aromatic rings. The van der Waals surface area contributed by atoms with Gasteiger partial charge in [-0.2, -0.15) is 0 Å². The SMILES string of the molecule is CC(C)(C)NCCc1nnc(-c2cc(F)ccc2F)s1. The van der Waals surface area contributed by atoms with Gasteiger partial charge in [-0.15, -0.1) is 10.2 Å². The predicted molar refractivity (Wildman–Crippen MR) is 76.7 cm³/mol. The molecule has 0 aliphatic heterocycles. The van der Waals surface area contributed by atoms with Gasteiger partial charge in [-0.1, -0.05) is 11.3 Å². The summed E-state index contributed by atoms with van der Waals surface area (Å²) in [5, 5.41) is 12.5. The normalized spacial score (nSPS) is 11.8. The van der Waals surface area contributed by atoms with Crippen LogP contribution in [0.2, 0.25) is 0 Å². The van der Waals surface area contributed by atoms with Crippen molar-refractivity contribution in [2.24, 2.45) is 0 Å². The Bertz CT molecular complexity index is 590. The molecule has 1 aromatic heterocycles. The minimum atomic E-state index is -0.484. The predicted octanol–water partition coefficient (Wildman–Crippen LogP) is 3.41. The molecule has 0 radical (unpaired) electrons. The van der Waals surface area contributed by atoms with Crippen LogP contribution < -0.4 is 5.32 Å². The van der Waals surface area contributed by atoms with Gasteiger partial charge in [-0.3, -0.25) is 0 Å². The quantitative estimate of drug-likeness (QED) is 0.939. The van der Waals surface area contributed by atoms with Gasteiger partial charge in [0.25, 0.3) is 0 Å². The van der Waals surface area contributed by atoms with E-state index >= 15 is 0 Å². The molecule has 0 spiro atoms. The Morgan fingerprint density at radius 1 is 1.20 bits per heavy atom. The van der Waals surface area contributed by atoms with Crippen molar-refractivity contribution in [3.63, 3.8) is 0 Å². The van der Waals surface area contributed by atoms with E-state index < -0.39 is 11.6 Å². The Balaban J connectivity index is 2.07. The van der Waals surface area contributed by atoms with Gasteiger partial charge in [-0.25, -0.2) is 8.78 Å². The summed E-state index contributed by atoms with van der Waals surface area (Å²) in [6, 6.07) is 3.34. The first kappa shape index (κ1) is 15.0. The molecule has 20 heavy (non-hydrogen) atoms. The summed E-state index contributed by atoms with van der Waals surface area (Å²) in [5.74, 6) is -0.963. The molecule has 6 heteroatoms. The number of halogens is 2. The van der Waals surface area contributed by atoms with Gasteiger partial charge in [0.1, 0.15) is 16.6 Å². The maximum absolute atomic E-state index is 13.6. The highest BCUT2D eigenvalue weighted by molar-refractivity contribution is 7.14. The van der Waals surface area contributed by atoms with Crippen LogP contribution in [0, 0.1) is 11.6 Å². The van der Waals surface area contributed by atoms with Crippen LogP contribution in [0.15, 0.2) is 18.2 Å². The fourth-order valence-corrected chi connectivity index (χ4v) is 2.53. The third-order valence-corrected chi connectivity index (χ3v) is 3.64. The zero-order chi connectivity index (χ0) is 14.8. The number of hydrogen-bond acceptors (Lipinski definition) is 4. The number of nitrogens with zero attached hydrogens (tertiary/aromatic N) is 2. The van der Waals surface area contributed by atoms with Crippen molar-refractivity contribution in [1.29, 1.82) is 0 Å². The van der Waals surface area contributed by atoms with E-state index in [9.17, 15) is 8.78 Å². The highest BCUT2D eigenvalue weighted by atomic mass is 32.1. The molecular formula is C14H17F2N3S. The summed E-state index contributed by atoms with van der Waals surface area (Å²) >= 11 is 1.29. The van der Waals surface area contributed by atoms with Crippen LogP contribution in [0.1, 0.15) is 25.8 Å².